The molecular weight excluding hydrogens is 277 g/mol. The number of rotatable bonds is 5. The SMILES string of the molecule is COc1cccc([C@H](C)NCc2cc(F)cc(Cl)c2)c1. The molecule has 4 heteroatoms. The molecule has 20 heavy (non-hydrogen) atoms. The van der Waals surface area contributed by atoms with Crippen LogP contribution in [0.3, 0.4) is 0 Å². The van der Waals surface area contributed by atoms with Gasteiger partial charge < -0.3 is 10.1 Å². The summed E-state index contributed by atoms with van der Waals surface area (Å²) in [5, 5.41) is 3.75. The third kappa shape index (κ3) is 3.95. The Bertz CT molecular complexity index is 568. The molecule has 0 fully saturated rings. The zero-order chi connectivity index (χ0) is 14.5. The van der Waals surface area contributed by atoms with Gasteiger partial charge in [-0.3, -0.25) is 0 Å². The normalized spacial score (nSPS) is 12.2. The first-order valence-corrected chi connectivity index (χ1v) is 6.78. The lowest BCUT2D eigenvalue weighted by atomic mass is 10.1. The number of halogens is 2. The number of benzene rings is 2. The van der Waals surface area contributed by atoms with Crippen LogP contribution in [0.4, 0.5) is 4.39 Å². The summed E-state index contributed by atoms with van der Waals surface area (Å²) >= 11 is 5.84. The molecular formula is C16H17ClFNO. The van der Waals surface area contributed by atoms with E-state index >= 15 is 0 Å². The van der Waals surface area contributed by atoms with E-state index in [4.69, 9.17) is 16.3 Å². The number of methoxy groups -OCH3 is 1. The summed E-state index contributed by atoms with van der Waals surface area (Å²) in [5.74, 6) is 0.508. The Kier molecular flexibility index (Phi) is 4.99. The van der Waals surface area contributed by atoms with Gasteiger partial charge in [-0.2, -0.15) is 0 Å². The average Bonchev–Trinajstić information content (AvgIpc) is 2.44. The Balaban J connectivity index is 2.02. The van der Waals surface area contributed by atoms with Crippen molar-refractivity contribution in [3.63, 3.8) is 0 Å². The van der Waals surface area contributed by atoms with Crippen LogP contribution in [0, 0.1) is 5.82 Å². The Labute approximate surface area is 123 Å². The molecule has 2 aromatic carbocycles. The number of hydrogen-bond acceptors (Lipinski definition) is 2. The predicted octanol–water partition coefficient (Wildman–Crippen LogP) is 4.34. The monoisotopic (exact) mass is 293 g/mol. The molecule has 2 aromatic rings. The number of nitrogens with one attached hydrogen (secondary N) is 1. The molecule has 0 spiro atoms. The second kappa shape index (κ2) is 6.73. The maximum absolute atomic E-state index is 13.2. The molecule has 1 atom stereocenters. The van der Waals surface area contributed by atoms with Gasteiger partial charge in [0, 0.05) is 17.6 Å². The second-order valence-electron chi connectivity index (χ2n) is 4.66. The van der Waals surface area contributed by atoms with Gasteiger partial charge in [-0.05, 0) is 48.4 Å². The molecule has 106 valence electrons. The van der Waals surface area contributed by atoms with Crippen molar-refractivity contribution >= 4 is 11.6 Å². The summed E-state index contributed by atoms with van der Waals surface area (Å²) in [4.78, 5) is 0. The average molecular weight is 294 g/mol. The van der Waals surface area contributed by atoms with Crippen molar-refractivity contribution in [1.82, 2.24) is 5.32 Å². The fourth-order valence-electron chi connectivity index (χ4n) is 2.01. The highest BCUT2D eigenvalue weighted by Gasteiger charge is 2.07. The van der Waals surface area contributed by atoms with Gasteiger partial charge in [-0.15, -0.1) is 0 Å². The van der Waals surface area contributed by atoms with Gasteiger partial charge in [-0.1, -0.05) is 23.7 Å². The van der Waals surface area contributed by atoms with Crippen molar-refractivity contribution in [2.45, 2.75) is 19.5 Å². The van der Waals surface area contributed by atoms with Gasteiger partial charge in [0.1, 0.15) is 11.6 Å². The molecule has 0 radical (unpaired) electrons. The highest BCUT2D eigenvalue weighted by Crippen LogP contribution is 2.20. The van der Waals surface area contributed by atoms with Crippen molar-refractivity contribution in [3.8, 4) is 5.75 Å². The van der Waals surface area contributed by atoms with E-state index in [1.807, 2.05) is 24.3 Å². The van der Waals surface area contributed by atoms with Gasteiger partial charge >= 0.3 is 0 Å². The van der Waals surface area contributed by atoms with Crippen LogP contribution < -0.4 is 10.1 Å². The van der Waals surface area contributed by atoms with Crippen LogP contribution in [0.15, 0.2) is 42.5 Å². The Hall–Kier alpha value is -1.58. The lowest BCUT2D eigenvalue weighted by Gasteiger charge is -2.15. The van der Waals surface area contributed by atoms with Gasteiger partial charge in [0.05, 0.1) is 7.11 Å². The smallest absolute Gasteiger partial charge is 0.125 e. The predicted molar refractivity (Wildman–Crippen MR) is 79.7 cm³/mol. The third-order valence-corrected chi connectivity index (χ3v) is 3.35. The molecule has 1 N–H and O–H groups in total. The van der Waals surface area contributed by atoms with E-state index < -0.39 is 0 Å². The summed E-state index contributed by atoms with van der Waals surface area (Å²) in [5.41, 5.74) is 1.94. The fourth-order valence-corrected chi connectivity index (χ4v) is 2.26. The molecule has 0 heterocycles. The van der Waals surface area contributed by atoms with Crippen molar-refractivity contribution < 1.29 is 9.13 Å². The minimum Gasteiger partial charge on any atom is -0.497 e. The summed E-state index contributed by atoms with van der Waals surface area (Å²) in [6, 6.07) is 12.5. The van der Waals surface area contributed by atoms with Crippen LogP contribution >= 0.6 is 11.6 Å². The third-order valence-electron chi connectivity index (χ3n) is 3.13. The van der Waals surface area contributed by atoms with Crippen molar-refractivity contribution in [3.05, 3.63) is 64.4 Å². The molecule has 2 nitrogen and oxygen atoms in total. The van der Waals surface area contributed by atoms with Gasteiger partial charge in [0.15, 0.2) is 0 Å². The quantitative estimate of drug-likeness (QED) is 0.885. The van der Waals surface area contributed by atoms with E-state index in [2.05, 4.69) is 12.2 Å². The zero-order valence-electron chi connectivity index (χ0n) is 11.5. The molecule has 0 saturated carbocycles. The number of hydrogen-bond donors (Lipinski definition) is 1. The van der Waals surface area contributed by atoms with Crippen LogP contribution in [-0.4, -0.2) is 7.11 Å². The molecule has 0 saturated heterocycles. The van der Waals surface area contributed by atoms with Crippen molar-refractivity contribution in [2.24, 2.45) is 0 Å². The molecule has 0 aliphatic carbocycles. The van der Waals surface area contributed by atoms with E-state index in [9.17, 15) is 4.39 Å². The Morgan fingerprint density at radius 2 is 2.05 bits per heavy atom. The molecule has 0 amide bonds. The van der Waals surface area contributed by atoms with E-state index in [1.165, 1.54) is 12.1 Å². The Morgan fingerprint density at radius 1 is 1.25 bits per heavy atom. The highest BCUT2D eigenvalue weighted by atomic mass is 35.5. The molecule has 2 rings (SSSR count). The second-order valence-corrected chi connectivity index (χ2v) is 5.09. The largest absolute Gasteiger partial charge is 0.497 e. The first-order valence-electron chi connectivity index (χ1n) is 6.41. The molecule has 0 aliphatic heterocycles. The minimum atomic E-state index is -0.316. The first-order chi connectivity index (χ1) is 9.58. The van der Waals surface area contributed by atoms with E-state index in [0.717, 1.165) is 16.9 Å². The summed E-state index contributed by atoms with van der Waals surface area (Å²) in [6.07, 6.45) is 0. The summed E-state index contributed by atoms with van der Waals surface area (Å²) < 4.78 is 18.4. The maximum atomic E-state index is 13.2. The molecule has 0 bridgehead atoms. The lowest BCUT2D eigenvalue weighted by Crippen LogP contribution is -2.18. The van der Waals surface area contributed by atoms with Crippen molar-refractivity contribution in [1.29, 1.82) is 0 Å². The van der Waals surface area contributed by atoms with Crippen LogP contribution in [0.2, 0.25) is 5.02 Å². The van der Waals surface area contributed by atoms with Crippen LogP contribution in [0.5, 0.6) is 5.75 Å². The highest BCUT2D eigenvalue weighted by molar-refractivity contribution is 6.30. The standard InChI is InChI=1S/C16H17ClFNO/c1-11(13-4-3-5-16(8-13)20-2)19-10-12-6-14(17)9-15(18)7-12/h3-9,11,19H,10H2,1-2H3/t11-/m0/s1. The van der Waals surface area contributed by atoms with Gasteiger partial charge in [0.25, 0.3) is 0 Å². The molecule has 0 aliphatic rings. The first kappa shape index (κ1) is 14.8. The number of ether oxygens (including phenoxy) is 1. The van der Waals surface area contributed by atoms with E-state index in [-0.39, 0.29) is 11.9 Å². The fraction of sp³-hybridized carbons (Fsp3) is 0.250. The molecule has 0 aromatic heterocycles. The molecule has 0 unspecified atom stereocenters. The van der Waals surface area contributed by atoms with Crippen LogP contribution in [0.1, 0.15) is 24.1 Å². The maximum Gasteiger partial charge on any atom is 0.125 e. The van der Waals surface area contributed by atoms with Gasteiger partial charge in [-0.25, -0.2) is 4.39 Å². The minimum absolute atomic E-state index is 0.132. The lowest BCUT2D eigenvalue weighted by molar-refractivity contribution is 0.413. The van der Waals surface area contributed by atoms with E-state index in [0.29, 0.717) is 11.6 Å². The summed E-state index contributed by atoms with van der Waals surface area (Å²) in [6.45, 7) is 2.60. The van der Waals surface area contributed by atoms with Gasteiger partial charge in [0.2, 0.25) is 0 Å². The van der Waals surface area contributed by atoms with Crippen LogP contribution in [0.25, 0.3) is 0 Å². The topological polar surface area (TPSA) is 21.3 Å². The Morgan fingerprint density at radius 3 is 2.75 bits per heavy atom. The summed E-state index contributed by atoms with van der Waals surface area (Å²) in [7, 11) is 1.64. The van der Waals surface area contributed by atoms with Crippen LogP contribution in [-0.2, 0) is 6.54 Å². The van der Waals surface area contributed by atoms with Crippen molar-refractivity contribution in [2.75, 3.05) is 7.11 Å². The van der Waals surface area contributed by atoms with E-state index in [1.54, 1.807) is 13.2 Å². The zero-order valence-corrected chi connectivity index (χ0v) is 12.2.